The lowest BCUT2D eigenvalue weighted by Gasteiger charge is -2.24. The Labute approximate surface area is 139 Å². The Morgan fingerprint density at radius 3 is 2.54 bits per heavy atom. The molecule has 7 nitrogen and oxygen atoms in total. The van der Waals surface area contributed by atoms with Gasteiger partial charge in [-0.2, -0.15) is 0 Å². The van der Waals surface area contributed by atoms with Crippen molar-refractivity contribution in [2.75, 3.05) is 20.2 Å². The number of aromatic nitrogens is 1. The average Bonchev–Trinajstić information content (AvgIpc) is 2.87. The summed E-state index contributed by atoms with van der Waals surface area (Å²) in [5.74, 6) is -0.261. The van der Waals surface area contributed by atoms with E-state index in [-0.39, 0.29) is 18.8 Å². The van der Waals surface area contributed by atoms with Crippen molar-refractivity contribution < 1.29 is 28.2 Å². The first-order valence-corrected chi connectivity index (χ1v) is 7.52. The maximum Gasteiger partial charge on any atom is 0.410 e. The third-order valence-corrected chi connectivity index (χ3v) is 3.27. The lowest BCUT2D eigenvalue weighted by Crippen LogP contribution is -2.36. The van der Waals surface area contributed by atoms with Gasteiger partial charge in [0.05, 0.1) is 26.4 Å². The van der Waals surface area contributed by atoms with E-state index >= 15 is 0 Å². The van der Waals surface area contributed by atoms with E-state index in [9.17, 15) is 14.0 Å². The minimum absolute atomic E-state index is 0.0782. The zero-order valence-electron chi connectivity index (χ0n) is 14.1. The summed E-state index contributed by atoms with van der Waals surface area (Å²) < 4.78 is 29.4. The maximum absolute atomic E-state index is 14.1. The Morgan fingerprint density at radius 1 is 1.29 bits per heavy atom. The molecule has 0 N–H and O–H groups in total. The van der Waals surface area contributed by atoms with E-state index in [0.29, 0.717) is 5.75 Å². The summed E-state index contributed by atoms with van der Waals surface area (Å²) in [6.07, 6.45) is -1.41. The highest BCUT2D eigenvalue weighted by molar-refractivity contribution is 5.87. The van der Waals surface area contributed by atoms with E-state index < -0.39 is 29.9 Å². The SMILES string of the molecule is COC(=O)c1ccc(O[C@H]2CN(C(=O)OC(C)(C)C)C[C@@H]2F)cn1. The third kappa shape index (κ3) is 4.56. The van der Waals surface area contributed by atoms with E-state index in [1.54, 1.807) is 20.8 Å². The molecule has 132 valence electrons. The predicted octanol–water partition coefficient (Wildman–Crippen LogP) is 2.20. The molecule has 8 heteroatoms. The van der Waals surface area contributed by atoms with Crippen LogP contribution in [0.15, 0.2) is 18.3 Å². The Bertz CT molecular complexity index is 599. The van der Waals surface area contributed by atoms with E-state index in [0.717, 1.165) is 0 Å². The molecular weight excluding hydrogens is 319 g/mol. The van der Waals surface area contributed by atoms with Crippen LogP contribution >= 0.6 is 0 Å². The number of carbonyl (C=O) groups excluding carboxylic acids is 2. The summed E-state index contributed by atoms with van der Waals surface area (Å²) in [4.78, 5) is 28.5. The number of carbonyl (C=O) groups is 2. The van der Waals surface area contributed by atoms with Crippen molar-refractivity contribution in [3.8, 4) is 5.75 Å². The third-order valence-electron chi connectivity index (χ3n) is 3.27. The van der Waals surface area contributed by atoms with Crippen molar-refractivity contribution >= 4 is 12.1 Å². The number of halogens is 1. The van der Waals surface area contributed by atoms with Crippen molar-refractivity contribution in [2.45, 2.75) is 38.6 Å². The second-order valence-corrected chi connectivity index (χ2v) is 6.43. The molecule has 0 unspecified atom stereocenters. The zero-order valence-corrected chi connectivity index (χ0v) is 14.1. The minimum atomic E-state index is -1.34. The quantitative estimate of drug-likeness (QED) is 0.785. The predicted molar refractivity (Wildman–Crippen MR) is 82.7 cm³/mol. The summed E-state index contributed by atoms with van der Waals surface area (Å²) in [5.41, 5.74) is -0.515. The highest BCUT2D eigenvalue weighted by atomic mass is 19.1. The summed E-state index contributed by atoms with van der Waals surface area (Å²) in [6.45, 7) is 5.23. The number of amides is 1. The summed E-state index contributed by atoms with van der Waals surface area (Å²) >= 11 is 0. The summed E-state index contributed by atoms with van der Waals surface area (Å²) in [7, 11) is 1.26. The van der Waals surface area contributed by atoms with Gasteiger partial charge < -0.3 is 19.1 Å². The Morgan fingerprint density at radius 2 is 2.00 bits per heavy atom. The Hall–Kier alpha value is -2.38. The Balaban J connectivity index is 1.96. The fraction of sp³-hybridized carbons (Fsp3) is 0.562. The highest BCUT2D eigenvalue weighted by Gasteiger charge is 2.39. The van der Waals surface area contributed by atoms with E-state index in [1.165, 1.54) is 30.3 Å². The van der Waals surface area contributed by atoms with Gasteiger partial charge in [-0.1, -0.05) is 0 Å². The molecule has 0 bridgehead atoms. The average molecular weight is 340 g/mol. The lowest BCUT2D eigenvalue weighted by molar-refractivity contribution is 0.0273. The van der Waals surface area contributed by atoms with Crippen molar-refractivity contribution in [1.29, 1.82) is 0 Å². The van der Waals surface area contributed by atoms with Gasteiger partial charge in [-0.25, -0.2) is 19.0 Å². The van der Waals surface area contributed by atoms with E-state index in [4.69, 9.17) is 9.47 Å². The number of esters is 1. The first kappa shape index (κ1) is 18.0. The fourth-order valence-corrected chi connectivity index (χ4v) is 2.17. The molecule has 1 fully saturated rings. The minimum Gasteiger partial charge on any atom is -0.484 e. The second kappa shape index (κ2) is 7.02. The van der Waals surface area contributed by atoms with Crippen molar-refractivity contribution in [3.63, 3.8) is 0 Å². The van der Waals surface area contributed by atoms with Crippen LogP contribution in [0.4, 0.5) is 9.18 Å². The van der Waals surface area contributed by atoms with Gasteiger partial charge in [0.2, 0.25) is 0 Å². The molecule has 1 aliphatic rings. The van der Waals surface area contributed by atoms with Crippen LogP contribution < -0.4 is 4.74 Å². The number of likely N-dealkylation sites (tertiary alicyclic amines) is 1. The molecule has 1 amide bonds. The largest absolute Gasteiger partial charge is 0.484 e. The fourth-order valence-electron chi connectivity index (χ4n) is 2.17. The zero-order chi connectivity index (χ0) is 17.9. The molecule has 1 saturated heterocycles. The molecule has 1 aliphatic heterocycles. The van der Waals surface area contributed by atoms with Crippen molar-refractivity contribution in [2.24, 2.45) is 0 Å². The van der Waals surface area contributed by atoms with E-state index in [1.807, 2.05) is 0 Å². The topological polar surface area (TPSA) is 78.0 Å². The standard InChI is InChI=1S/C16H21FN2O5/c1-16(2,3)24-15(21)19-8-11(17)13(9-19)23-10-5-6-12(18-7-10)14(20)22-4/h5-7,11,13H,8-9H2,1-4H3/t11-,13-/m0/s1. The first-order valence-electron chi connectivity index (χ1n) is 7.52. The molecule has 2 heterocycles. The van der Waals surface area contributed by atoms with Gasteiger partial charge in [0, 0.05) is 0 Å². The van der Waals surface area contributed by atoms with Gasteiger partial charge in [0.25, 0.3) is 0 Å². The summed E-state index contributed by atoms with van der Waals surface area (Å²) in [6, 6.07) is 2.93. The summed E-state index contributed by atoms with van der Waals surface area (Å²) in [5, 5.41) is 0. The van der Waals surface area contributed by atoms with E-state index in [2.05, 4.69) is 9.72 Å². The Kier molecular flexibility index (Phi) is 5.26. The molecule has 2 rings (SSSR count). The first-order chi connectivity index (χ1) is 11.2. The van der Waals surface area contributed by atoms with Gasteiger partial charge in [-0.15, -0.1) is 0 Å². The van der Waals surface area contributed by atoms with Crippen LogP contribution in [0.25, 0.3) is 0 Å². The molecule has 1 aromatic rings. The van der Waals surface area contributed by atoms with Gasteiger partial charge in [-0.05, 0) is 32.9 Å². The van der Waals surface area contributed by atoms with Crippen molar-refractivity contribution in [3.05, 3.63) is 24.0 Å². The molecule has 0 aliphatic carbocycles. The molecule has 0 saturated carbocycles. The molecule has 0 radical (unpaired) electrons. The molecule has 24 heavy (non-hydrogen) atoms. The maximum atomic E-state index is 14.1. The number of rotatable bonds is 3. The van der Waals surface area contributed by atoms with Crippen LogP contribution in [0, 0.1) is 0 Å². The molecule has 0 aromatic carbocycles. The number of hydrogen-bond acceptors (Lipinski definition) is 6. The number of methoxy groups -OCH3 is 1. The molecule has 1 aromatic heterocycles. The van der Waals surface area contributed by atoms with Gasteiger partial charge in [-0.3, -0.25) is 0 Å². The number of ether oxygens (including phenoxy) is 3. The van der Waals surface area contributed by atoms with Gasteiger partial charge in [0.1, 0.15) is 23.1 Å². The van der Waals surface area contributed by atoms with Gasteiger partial charge >= 0.3 is 12.1 Å². The molecular formula is C16H21FN2O5. The normalized spacial score (nSPS) is 20.6. The van der Waals surface area contributed by atoms with Crippen LogP contribution in [0.3, 0.4) is 0 Å². The van der Waals surface area contributed by atoms with Crippen LogP contribution in [0.5, 0.6) is 5.75 Å². The van der Waals surface area contributed by atoms with Crippen molar-refractivity contribution in [1.82, 2.24) is 9.88 Å². The van der Waals surface area contributed by atoms with Crippen LogP contribution in [0.2, 0.25) is 0 Å². The molecule has 2 atom stereocenters. The van der Waals surface area contributed by atoms with Crippen LogP contribution in [0.1, 0.15) is 31.3 Å². The number of nitrogens with zero attached hydrogens (tertiary/aromatic N) is 2. The number of hydrogen-bond donors (Lipinski definition) is 0. The van der Waals surface area contributed by atoms with Gasteiger partial charge in [0.15, 0.2) is 6.17 Å². The highest BCUT2D eigenvalue weighted by Crippen LogP contribution is 2.22. The number of pyridine rings is 1. The smallest absolute Gasteiger partial charge is 0.410 e. The molecule has 0 spiro atoms. The lowest BCUT2D eigenvalue weighted by atomic mass is 10.2. The second-order valence-electron chi connectivity index (χ2n) is 6.43. The van der Waals surface area contributed by atoms with Crippen LogP contribution in [-0.4, -0.2) is 60.0 Å². The number of alkyl halides is 1. The monoisotopic (exact) mass is 340 g/mol. The van der Waals surface area contributed by atoms with Crippen LogP contribution in [-0.2, 0) is 9.47 Å².